The normalized spacial score (nSPS) is 11.1. The van der Waals surface area contributed by atoms with Gasteiger partial charge in [0.15, 0.2) is 0 Å². The van der Waals surface area contributed by atoms with E-state index >= 15 is 0 Å². The molecule has 0 amide bonds. The van der Waals surface area contributed by atoms with E-state index in [-0.39, 0.29) is 6.61 Å². The highest BCUT2D eigenvalue weighted by Gasteiger charge is 2.10. The molecule has 0 aliphatic rings. The average molecular weight is 236 g/mol. The van der Waals surface area contributed by atoms with Crippen LogP contribution in [-0.4, -0.2) is 5.11 Å². The molecule has 1 rings (SSSR count). The van der Waals surface area contributed by atoms with Gasteiger partial charge in [0.1, 0.15) is 0 Å². The van der Waals surface area contributed by atoms with Gasteiger partial charge in [-0.1, -0.05) is 65.8 Å². The Morgan fingerprint density at radius 3 is 1.59 bits per heavy atom. The van der Waals surface area contributed by atoms with Gasteiger partial charge in [0.2, 0.25) is 0 Å². The lowest BCUT2D eigenvalue weighted by Crippen LogP contribution is -2.08. The minimum absolute atomic E-state index is 0.135. The van der Waals surface area contributed by atoms with Gasteiger partial charge in [-0.05, 0) is 28.9 Å². The van der Waals surface area contributed by atoms with Crippen molar-refractivity contribution < 1.29 is 5.11 Å². The van der Waals surface area contributed by atoms with Crippen molar-refractivity contribution in [3.8, 4) is 0 Å². The highest BCUT2D eigenvalue weighted by atomic mass is 16.3. The third-order valence-electron chi connectivity index (χ3n) is 1.94. The number of hydrogen-bond acceptors (Lipinski definition) is 1. The van der Waals surface area contributed by atoms with E-state index in [9.17, 15) is 0 Å². The summed E-state index contributed by atoms with van der Waals surface area (Å²) in [5.74, 6) is 0.833. The van der Waals surface area contributed by atoms with Crippen molar-refractivity contribution in [2.24, 2.45) is 11.3 Å². The number of rotatable bonds is 2. The minimum atomic E-state index is 0.135. The fraction of sp³-hybridized carbons (Fsp3) is 0.625. The lowest BCUT2D eigenvalue weighted by molar-refractivity contribution is 0.282. The third kappa shape index (κ3) is 10.1. The molecule has 0 unspecified atom stereocenters. The Kier molecular flexibility index (Phi) is 7.13. The molecule has 1 N–H and O–H groups in total. The predicted molar refractivity (Wildman–Crippen MR) is 76.0 cm³/mol. The number of aliphatic hydroxyl groups excluding tert-OH is 1. The fourth-order valence-corrected chi connectivity index (χ4v) is 1.37. The molecule has 1 aromatic rings. The minimum Gasteiger partial charge on any atom is -0.392 e. The van der Waals surface area contributed by atoms with E-state index in [1.807, 2.05) is 12.1 Å². The summed E-state index contributed by atoms with van der Waals surface area (Å²) in [4.78, 5) is 0. The molecular weight excluding hydrogens is 208 g/mol. The molecule has 0 radical (unpaired) electrons. The van der Waals surface area contributed by atoms with Gasteiger partial charge in [0, 0.05) is 0 Å². The van der Waals surface area contributed by atoms with Crippen LogP contribution in [0.5, 0.6) is 0 Å². The lowest BCUT2D eigenvalue weighted by atomic mass is 9.88. The lowest BCUT2D eigenvalue weighted by Gasteiger charge is -2.18. The van der Waals surface area contributed by atoms with E-state index in [2.05, 4.69) is 53.7 Å². The first-order valence-corrected chi connectivity index (χ1v) is 6.43. The van der Waals surface area contributed by atoms with Crippen LogP contribution in [0.4, 0.5) is 0 Å². The zero-order valence-corrected chi connectivity index (χ0v) is 12.2. The molecule has 17 heavy (non-hydrogen) atoms. The molecule has 0 atom stereocenters. The standard InChI is InChI=1S/C12H18O.C4H10/c1-12(2,3)8-10-4-6-11(9-13)7-5-10;1-4(2)3/h4-7,13H,8-9H2,1-3H3;4H,1-3H3. The quantitative estimate of drug-likeness (QED) is 0.805. The fourth-order valence-electron chi connectivity index (χ4n) is 1.37. The van der Waals surface area contributed by atoms with E-state index in [0.29, 0.717) is 5.41 Å². The number of hydrogen-bond donors (Lipinski definition) is 1. The highest BCUT2D eigenvalue weighted by molar-refractivity contribution is 5.22. The SMILES string of the molecule is CC(C)(C)Cc1ccc(CO)cc1.CC(C)C. The molecule has 1 nitrogen and oxygen atoms in total. The summed E-state index contributed by atoms with van der Waals surface area (Å²) in [6.45, 7) is 13.3. The van der Waals surface area contributed by atoms with Crippen LogP contribution in [-0.2, 0) is 13.0 Å². The first kappa shape index (κ1) is 16.2. The first-order valence-electron chi connectivity index (χ1n) is 6.43. The summed E-state index contributed by atoms with van der Waals surface area (Å²) in [6, 6.07) is 8.16. The summed E-state index contributed by atoms with van der Waals surface area (Å²) >= 11 is 0. The van der Waals surface area contributed by atoms with Crippen LogP contribution < -0.4 is 0 Å². The van der Waals surface area contributed by atoms with Crippen molar-refractivity contribution in [2.75, 3.05) is 0 Å². The largest absolute Gasteiger partial charge is 0.392 e. The Morgan fingerprint density at radius 2 is 1.29 bits per heavy atom. The van der Waals surface area contributed by atoms with Crippen LogP contribution in [0.1, 0.15) is 52.7 Å². The molecule has 0 heterocycles. The topological polar surface area (TPSA) is 20.2 Å². The van der Waals surface area contributed by atoms with Crippen molar-refractivity contribution in [3.63, 3.8) is 0 Å². The number of benzene rings is 1. The zero-order valence-electron chi connectivity index (χ0n) is 12.2. The van der Waals surface area contributed by atoms with E-state index in [0.717, 1.165) is 17.9 Å². The van der Waals surface area contributed by atoms with Crippen LogP contribution >= 0.6 is 0 Å². The molecule has 0 aromatic heterocycles. The second-order valence-electron chi connectivity index (χ2n) is 6.44. The molecular formula is C16H28O. The number of aliphatic hydroxyl groups is 1. The molecule has 1 heteroatoms. The molecule has 0 saturated heterocycles. The molecule has 0 bridgehead atoms. The van der Waals surface area contributed by atoms with Crippen LogP contribution in [0.2, 0.25) is 0 Å². The maximum absolute atomic E-state index is 8.86. The van der Waals surface area contributed by atoms with Gasteiger partial charge in [-0.2, -0.15) is 0 Å². The molecule has 0 aliphatic carbocycles. The van der Waals surface area contributed by atoms with Gasteiger partial charge in [-0.25, -0.2) is 0 Å². The highest BCUT2D eigenvalue weighted by Crippen LogP contribution is 2.20. The molecule has 0 aliphatic heterocycles. The van der Waals surface area contributed by atoms with Gasteiger partial charge in [-0.15, -0.1) is 0 Å². The Labute approximate surface area is 107 Å². The van der Waals surface area contributed by atoms with Gasteiger partial charge in [0.05, 0.1) is 6.61 Å². The summed E-state index contributed by atoms with van der Waals surface area (Å²) in [7, 11) is 0. The Hall–Kier alpha value is -0.820. The van der Waals surface area contributed by atoms with Crippen molar-refractivity contribution in [1.82, 2.24) is 0 Å². The summed E-state index contributed by atoms with van der Waals surface area (Å²) in [6.07, 6.45) is 1.08. The Bertz CT molecular complexity index is 288. The molecule has 0 fully saturated rings. The maximum Gasteiger partial charge on any atom is 0.0681 e. The Balaban J connectivity index is 0.000000557. The molecule has 0 spiro atoms. The van der Waals surface area contributed by atoms with Gasteiger partial charge in [-0.3, -0.25) is 0 Å². The molecule has 98 valence electrons. The zero-order chi connectivity index (χ0) is 13.5. The summed E-state index contributed by atoms with van der Waals surface area (Å²) in [5.41, 5.74) is 2.66. The van der Waals surface area contributed by atoms with Gasteiger partial charge in [0.25, 0.3) is 0 Å². The van der Waals surface area contributed by atoms with Crippen molar-refractivity contribution in [3.05, 3.63) is 35.4 Å². The second kappa shape index (κ2) is 7.50. The predicted octanol–water partition coefficient (Wildman–Crippen LogP) is 4.43. The third-order valence-corrected chi connectivity index (χ3v) is 1.94. The van der Waals surface area contributed by atoms with Crippen LogP contribution in [0.3, 0.4) is 0 Å². The van der Waals surface area contributed by atoms with Crippen LogP contribution in [0, 0.1) is 11.3 Å². The van der Waals surface area contributed by atoms with Gasteiger partial charge >= 0.3 is 0 Å². The van der Waals surface area contributed by atoms with Crippen molar-refractivity contribution in [1.29, 1.82) is 0 Å². The van der Waals surface area contributed by atoms with Gasteiger partial charge < -0.3 is 5.11 Å². The second-order valence-corrected chi connectivity index (χ2v) is 6.44. The summed E-state index contributed by atoms with van der Waals surface area (Å²) < 4.78 is 0. The summed E-state index contributed by atoms with van der Waals surface area (Å²) in [5, 5.41) is 8.86. The Morgan fingerprint density at radius 1 is 0.941 bits per heavy atom. The van der Waals surface area contributed by atoms with E-state index < -0.39 is 0 Å². The maximum atomic E-state index is 8.86. The van der Waals surface area contributed by atoms with E-state index in [4.69, 9.17) is 5.11 Å². The van der Waals surface area contributed by atoms with Crippen LogP contribution in [0.25, 0.3) is 0 Å². The first-order chi connectivity index (χ1) is 7.74. The van der Waals surface area contributed by atoms with Crippen LogP contribution in [0.15, 0.2) is 24.3 Å². The average Bonchev–Trinajstić information content (AvgIpc) is 2.15. The monoisotopic (exact) mass is 236 g/mol. The smallest absolute Gasteiger partial charge is 0.0681 e. The van der Waals surface area contributed by atoms with E-state index in [1.54, 1.807) is 0 Å². The molecule has 0 saturated carbocycles. The molecule has 1 aromatic carbocycles. The van der Waals surface area contributed by atoms with Crippen molar-refractivity contribution >= 4 is 0 Å². The van der Waals surface area contributed by atoms with Crippen molar-refractivity contribution in [2.45, 2.75) is 54.6 Å². The van der Waals surface area contributed by atoms with E-state index in [1.165, 1.54) is 5.56 Å².